The first-order chi connectivity index (χ1) is 14.5. The van der Waals surface area contributed by atoms with Crippen LogP contribution in [0.2, 0.25) is 0 Å². The Morgan fingerprint density at radius 1 is 1.13 bits per heavy atom. The average molecular weight is 401 g/mol. The van der Waals surface area contributed by atoms with Crippen molar-refractivity contribution in [2.45, 2.75) is 33.4 Å². The maximum Gasteiger partial charge on any atom is 0.263 e. The van der Waals surface area contributed by atoms with Gasteiger partial charge in [0.1, 0.15) is 5.56 Å². The van der Waals surface area contributed by atoms with Crippen molar-refractivity contribution in [3.8, 4) is 0 Å². The van der Waals surface area contributed by atoms with Crippen molar-refractivity contribution in [3.63, 3.8) is 0 Å². The highest BCUT2D eigenvalue weighted by Gasteiger charge is 2.16. The zero-order valence-electron chi connectivity index (χ0n) is 17.0. The summed E-state index contributed by atoms with van der Waals surface area (Å²) in [5.41, 5.74) is 4.18. The Morgan fingerprint density at radius 3 is 2.77 bits per heavy atom. The second kappa shape index (κ2) is 8.32. The second-order valence-corrected chi connectivity index (χ2v) is 7.31. The van der Waals surface area contributed by atoms with Crippen LogP contribution in [-0.2, 0) is 19.5 Å². The fraction of sp³-hybridized carbons (Fsp3) is 0.217. The number of aromatic nitrogens is 4. The molecule has 2 N–H and O–H groups in total. The van der Waals surface area contributed by atoms with E-state index in [9.17, 15) is 9.59 Å². The number of H-pyrrole nitrogens is 1. The minimum absolute atomic E-state index is 0.163. The number of nitrogens with zero attached hydrogens (tertiary/aromatic N) is 3. The number of pyridine rings is 1. The van der Waals surface area contributed by atoms with Gasteiger partial charge in [0.05, 0.1) is 24.1 Å². The van der Waals surface area contributed by atoms with Gasteiger partial charge in [-0.3, -0.25) is 19.6 Å². The van der Waals surface area contributed by atoms with Gasteiger partial charge in [-0.2, -0.15) is 0 Å². The topological polar surface area (TPSA) is 92.7 Å². The number of aromatic amines is 1. The minimum Gasteiger partial charge on any atom is -0.361 e. The number of rotatable bonds is 6. The van der Waals surface area contributed by atoms with Crippen LogP contribution in [0, 0.1) is 13.8 Å². The Balaban J connectivity index is 1.50. The van der Waals surface area contributed by atoms with E-state index in [1.807, 2.05) is 31.3 Å². The van der Waals surface area contributed by atoms with Gasteiger partial charge in [-0.1, -0.05) is 18.2 Å². The van der Waals surface area contributed by atoms with E-state index in [4.69, 9.17) is 0 Å². The molecule has 4 rings (SSSR count). The van der Waals surface area contributed by atoms with Gasteiger partial charge >= 0.3 is 0 Å². The van der Waals surface area contributed by atoms with E-state index in [0.29, 0.717) is 24.2 Å². The quantitative estimate of drug-likeness (QED) is 0.520. The molecule has 0 aliphatic carbocycles. The third-order valence-corrected chi connectivity index (χ3v) is 5.16. The van der Waals surface area contributed by atoms with Gasteiger partial charge in [0.2, 0.25) is 0 Å². The predicted molar refractivity (Wildman–Crippen MR) is 115 cm³/mol. The Kier molecular flexibility index (Phi) is 5.43. The van der Waals surface area contributed by atoms with Crippen LogP contribution >= 0.6 is 0 Å². The van der Waals surface area contributed by atoms with Crippen LogP contribution < -0.4 is 10.9 Å². The van der Waals surface area contributed by atoms with E-state index in [2.05, 4.69) is 26.3 Å². The molecule has 1 amide bonds. The van der Waals surface area contributed by atoms with Gasteiger partial charge in [-0.15, -0.1) is 0 Å². The first kappa shape index (κ1) is 19.6. The van der Waals surface area contributed by atoms with Crippen molar-refractivity contribution in [2.24, 2.45) is 0 Å². The fourth-order valence-corrected chi connectivity index (χ4v) is 3.47. The molecule has 4 aromatic rings. The summed E-state index contributed by atoms with van der Waals surface area (Å²) in [6.07, 6.45) is 7.67. The number of aryl methyl sites for hydroxylation is 4. The molecule has 0 radical (unpaired) electrons. The lowest BCUT2D eigenvalue weighted by molar-refractivity contribution is 0.0947. The van der Waals surface area contributed by atoms with E-state index in [1.54, 1.807) is 36.1 Å². The van der Waals surface area contributed by atoms with Gasteiger partial charge < -0.3 is 14.9 Å². The van der Waals surface area contributed by atoms with Crippen LogP contribution in [0.15, 0.2) is 59.9 Å². The first-order valence-corrected chi connectivity index (χ1v) is 9.83. The van der Waals surface area contributed by atoms with Crippen LogP contribution in [0.25, 0.3) is 10.9 Å². The molecule has 0 fully saturated rings. The third-order valence-electron chi connectivity index (χ3n) is 5.16. The highest BCUT2D eigenvalue weighted by atomic mass is 16.2. The number of hydrogen-bond donors (Lipinski definition) is 2. The van der Waals surface area contributed by atoms with E-state index >= 15 is 0 Å². The molecule has 0 spiro atoms. The van der Waals surface area contributed by atoms with Crippen molar-refractivity contribution in [1.29, 1.82) is 0 Å². The summed E-state index contributed by atoms with van der Waals surface area (Å²) in [4.78, 5) is 37.3. The Labute approximate surface area is 173 Å². The van der Waals surface area contributed by atoms with Crippen molar-refractivity contribution in [2.75, 3.05) is 0 Å². The van der Waals surface area contributed by atoms with Crippen LogP contribution in [0.1, 0.15) is 32.9 Å². The van der Waals surface area contributed by atoms with Crippen molar-refractivity contribution < 1.29 is 4.79 Å². The molecule has 0 saturated heterocycles. The molecule has 152 valence electrons. The molecule has 7 nitrogen and oxygen atoms in total. The van der Waals surface area contributed by atoms with Crippen LogP contribution in [0.4, 0.5) is 0 Å². The highest BCUT2D eigenvalue weighted by molar-refractivity contribution is 5.95. The average Bonchev–Trinajstić information content (AvgIpc) is 3.16. The standard InChI is InChI=1S/C23H23N5O2/c1-15-7-9-28(10-8-17-12-26-20-6-4-3-5-19(17)20)23(30)21(15)22(29)27-14-18-13-24-16(2)11-25-18/h3-7,9,11-13,26H,8,10,14H2,1-2H3,(H,27,29). The molecule has 0 aliphatic heterocycles. The monoisotopic (exact) mass is 401 g/mol. The number of fused-ring (bicyclic) bond motifs is 1. The second-order valence-electron chi connectivity index (χ2n) is 7.31. The Bertz CT molecular complexity index is 1250. The van der Waals surface area contributed by atoms with Crippen LogP contribution in [-0.4, -0.2) is 25.4 Å². The minimum atomic E-state index is -0.402. The molecule has 0 bridgehead atoms. The van der Waals surface area contributed by atoms with Crippen molar-refractivity contribution in [1.82, 2.24) is 24.8 Å². The van der Waals surface area contributed by atoms with Gasteiger partial charge in [0.25, 0.3) is 11.5 Å². The number of benzene rings is 1. The van der Waals surface area contributed by atoms with Gasteiger partial charge in [0, 0.05) is 36.0 Å². The molecule has 3 heterocycles. The molecule has 0 saturated carbocycles. The SMILES string of the molecule is Cc1cnc(CNC(=O)c2c(C)ccn(CCc3c[nH]c4ccccc34)c2=O)cn1. The van der Waals surface area contributed by atoms with Crippen molar-refractivity contribution in [3.05, 3.63) is 93.6 Å². The van der Waals surface area contributed by atoms with E-state index in [0.717, 1.165) is 22.2 Å². The molecule has 7 heteroatoms. The summed E-state index contributed by atoms with van der Waals surface area (Å²) in [6.45, 7) is 4.33. The Morgan fingerprint density at radius 2 is 1.97 bits per heavy atom. The van der Waals surface area contributed by atoms with Gasteiger partial charge in [-0.25, -0.2) is 0 Å². The van der Waals surface area contributed by atoms with Gasteiger partial charge in [0.15, 0.2) is 0 Å². The lowest BCUT2D eigenvalue weighted by atomic mass is 10.1. The third kappa shape index (κ3) is 4.00. The lowest BCUT2D eigenvalue weighted by Gasteiger charge is -2.11. The summed E-state index contributed by atoms with van der Waals surface area (Å²) in [7, 11) is 0. The molecule has 0 atom stereocenters. The molecule has 0 aliphatic rings. The van der Waals surface area contributed by atoms with E-state index < -0.39 is 5.91 Å². The molecular weight excluding hydrogens is 378 g/mol. The summed E-state index contributed by atoms with van der Waals surface area (Å²) < 4.78 is 1.59. The van der Waals surface area contributed by atoms with Crippen LogP contribution in [0.3, 0.4) is 0 Å². The molecular formula is C23H23N5O2. The van der Waals surface area contributed by atoms with E-state index in [1.165, 1.54) is 0 Å². The summed E-state index contributed by atoms with van der Waals surface area (Å²) in [5.74, 6) is -0.402. The number of carbonyl (C=O) groups excluding carboxylic acids is 1. The smallest absolute Gasteiger partial charge is 0.263 e. The van der Waals surface area contributed by atoms with Gasteiger partial charge in [-0.05, 0) is 43.5 Å². The normalized spacial score (nSPS) is 11.0. The number of carbonyl (C=O) groups is 1. The summed E-state index contributed by atoms with van der Waals surface area (Å²) in [6, 6.07) is 9.87. The van der Waals surface area contributed by atoms with Crippen molar-refractivity contribution >= 4 is 16.8 Å². The zero-order valence-corrected chi connectivity index (χ0v) is 17.0. The largest absolute Gasteiger partial charge is 0.361 e. The number of nitrogens with one attached hydrogen (secondary N) is 2. The fourth-order valence-electron chi connectivity index (χ4n) is 3.47. The maximum absolute atomic E-state index is 13.0. The summed E-state index contributed by atoms with van der Waals surface area (Å²) in [5, 5.41) is 3.93. The zero-order chi connectivity index (χ0) is 21.1. The molecule has 30 heavy (non-hydrogen) atoms. The number of para-hydroxylation sites is 1. The molecule has 1 aromatic carbocycles. The predicted octanol–water partition coefficient (Wildman–Crippen LogP) is 2.91. The Hall–Kier alpha value is -3.74. The molecule has 3 aromatic heterocycles. The van der Waals surface area contributed by atoms with E-state index in [-0.39, 0.29) is 17.7 Å². The first-order valence-electron chi connectivity index (χ1n) is 9.83. The number of hydrogen-bond acceptors (Lipinski definition) is 4. The summed E-state index contributed by atoms with van der Waals surface area (Å²) >= 11 is 0. The number of amides is 1. The highest BCUT2D eigenvalue weighted by Crippen LogP contribution is 2.18. The maximum atomic E-state index is 13.0. The molecule has 0 unspecified atom stereocenters. The van der Waals surface area contributed by atoms with Crippen LogP contribution in [0.5, 0.6) is 0 Å². The lowest BCUT2D eigenvalue weighted by Crippen LogP contribution is -2.34.